The summed E-state index contributed by atoms with van der Waals surface area (Å²) in [7, 11) is 0. The van der Waals surface area contributed by atoms with E-state index in [4.69, 9.17) is 0 Å². The third kappa shape index (κ3) is 17.4. The van der Waals surface area contributed by atoms with Gasteiger partial charge in [0.2, 0.25) is 0 Å². The summed E-state index contributed by atoms with van der Waals surface area (Å²) in [6, 6.07) is 6.66. The third-order valence-electron chi connectivity index (χ3n) is 2.66. The molecule has 0 unspecified atom stereocenters. The fourth-order valence-corrected chi connectivity index (χ4v) is 1.92. The minimum absolute atomic E-state index is 0.638. The van der Waals surface area contributed by atoms with E-state index in [-0.39, 0.29) is 0 Å². The predicted molar refractivity (Wildman–Crippen MR) is 112 cm³/mol. The highest BCUT2D eigenvalue weighted by Gasteiger charge is 2.08. The first-order valence-electron chi connectivity index (χ1n) is 9.59. The van der Waals surface area contributed by atoms with Crippen molar-refractivity contribution >= 4 is 0 Å². The van der Waals surface area contributed by atoms with Crippen molar-refractivity contribution in [1.82, 2.24) is 0 Å². The molecule has 0 saturated carbocycles. The second kappa shape index (κ2) is 16.1. The summed E-state index contributed by atoms with van der Waals surface area (Å²) >= 11 is 0. The van der Waals surface area contributed by atoms with Crippen LogP contribution in [0.3, 0.4) is 0 Å². The highest BCUT2D eigenvalue weighted by atomic mass is 14.1. The molecule has 0 atom stereocenters. The van der Waals surface area contributed by atoms with E-state index in [2.05, 4.69) is 94.4 Å². The van der Waals surface area contributed by atoms with Crippen LogP contribution in [-0.4, -0.2) is 0 Å². The van der Waals surface area contributed by atoms with Gasteiger partial charge in [-0.1, -0.05) is 101 Å². The SMILES string of the molecule is CC.CC(C)C.CC(C)C.Cc1c(C(C)C)cccc1C(C)C. The summed E-state index contributed by atoms with van der Waals surface area (Å²) in [6.07, 6.45) is 0. The number of rotatable bonds is 2. The van der Waals surface area contributed by atoms with Gasteiger partial charge in [-0.05, 0) is 47.3 Å². The van der Waals surface area contributed by atoms with Crippen molar-refractivity contribution in [2.24, 2.45) is 11.8 Å². The van der Waals surface area contributed by atoms with E-state index in [1.165, 1.54) is 16.7 Å². The van der Waals surface area contributed by atoms with E-state index < -0.39 is 0 Å². The minimum Gasteiger partial charge on any atom is -0.0683 e. The molecule has 0 heterocycles. The molecule has 0 aromatic heterocycles. The molecule has 0 aliphatic heterocycles. The van der Waals surface area contributed by atoms with E-state index in [1.807, 2.05) is 13.8 Å². The maximum absolute atomic E-state index is 2.26. The summed E-state index contributed by atoms with van der Waals surface area (Å²) in [4.78, 5) is 0. The van der Waals surface area contributed by atoms with Crippen molar-refractivity contribution in [2.75, 3.05) is 0 Å². The summed E-state index contributed by atoms with van der Waals surface area (Å²) in [5, 5.41) is 0. The molecule has 0 fully saturated rings. The Labute approximate surface area is 149 Å². The Hall–Kier alpha value is -0.780. The number of hydrogen-bond donors (Lipinski definition) is 0. The van der Waals surface area contributed by atoms with Crippen LogP contribution in [0.2, 0.25) is 0 Å². The van der Waals surface area contributed by atoms with Gasteiger partial charge in [-0.15, -0.1) is 0 Å². The van der Waals surface area contributed by atoms with Gasteiger partial charge in [0.05, 0.1) is 0 Å². The van der Waals surface area contributed by atoms with Gasteiger partial charge in [0, 0.05) is 0 Å². The fraction of sp³-hybridized carbons (Fsp3) is 0.739. The van der Waals surface area contributed by atoms with Crippen molar-refractivity contribution in [3.63, 3.8) is 0 Å². The Morgan fingerprint density at radius 2 is 0.783 bits per heavy atom. The lowest BCUT2D eigenvalue weighted by Crippen LogP contribution is -1.98. The highest BCUT2D eigenvalue weighted by molar-refractivity contribution is 5.37. The lowest BCUT2D eigenvalue weighted by molar-refractivity contribution is 0.736. The highest BCUT2D eigenvalue weighted by Crippen LogP contribution is 2.26. The van der Waals surface area contributed by atoms with Crippen LogP contribution in [0.1, 0.15) is 112 Å². The van der Waals surface area contributed by atoms with E-state index in [9.17, 15) is 0 Å². The van der Waals surface area contributed by atoms with Crippen LogP contribution in [0, 0.1) is 18.8 Å². The first kappa shape index (κ1) is 27.1. The maximum Gasteiger partial charge on any atom is -0.0216 e. The normalized spacial score (nSPS) is 9.78. The molecule has 0 nitrogen and oxygen atoms in total. The average molecular weight is 323 g/mol. The average Bonchev–Trinajstić information content (AvgIpc) is 2.39. The van der Waals surface area contributed by atoms with Gasteiger partial charge in [-0.25, -0.2) is 0 Å². The van der Waals surface area contributed by atoms with Crippen molar-refractivity contribution in [2.45, 2.75) is 102 Å². The molecule has 1 rings (SSSR count). The fourth-order valence-electron chi connectivity index (χ4n) is 1.92. The zero-order valence-electron chi connectivity index (χ0n) is 18.5. The molecule has 0 amide bonds. The Bertz CT molecular complexity index is 319. The summed E-state index contributed by atoms with van der Waals surface area (Å²) in [5.74, 6) is 2.94. The van der Waals surface area contributed by atoms with Gasteiger partial charge in [-0.3, -0.25) is 0 Å². The smallest absolute Gasteiger partial charge is 0.0216 e. The van der Waals surface area contributed by atoms with Gasteiger partial charge in [0.1, 0.15) is 0 Å². The standard InChI is InChI=1S/C13H20.2C4H10.C2H6/c1-9(2)12-7-6-8-13(10(3)4)11(12)5;2*1-4(2)3;1-2/h6-10H,1-5H3;2*4H,1-3H3;1-2H3. The van der Waals surface area contributed by atoms with Gasteiger partial charge >= 0.3 is 0 Å². The van der Waals surface area contributed by atoms with Gasteiger partial charge in [0.15, 0.2) is 0 Å². The Morgan fingerprint density at radius 1 is 0.565 bits per heavy atom. The van der Waals surface area contributed by atoms with Crippen LogP contribution in [0.25, 0.3) is 0 Å². The van der Waals surface area contributed by atoms with E-state index in [0.29, 0.717) is 11.8 Å². The molecule has 0 bridgehead atoms. The van der Waals surface area contributed by atoms with Crippen molar-refractivity contribution in [3.05, 3.63) is 34.9 Å². The van der Waals surface area contributed by atoms with Crippen molar-refractivity contribution in [1.29, 1.82) is 0 Å². The number of benzene rings is 1. The lowest BCUT2D eigenvalue weighted by Gasteiger charge is -2.16. The molecule has 0 heteroatoms. The maximum atomic E-state index is 2.26. The molecule has 0 spiro atoms. The van der Waals surface area contributed by atoms with E-state index >= 15 is 0 Å². The van der Waals surface area contributed by atoms with Crippen molar-refractivity contribution in [3.8, 4) is 0 Å². The third-order valence-corrected chi connectivity index (χ3v) is 2.66. The molecular weight excluding hydrogens is 276 g/mol. The zero-order valence-corrected chi connectivity index (χ0v) is 18.5. The molecule has 0 radical (unpaired) electrons. The molecule has 1 aromatic carbocycles. The van der Waals surface area contributed by atoms with Crippen LogP contribution in [-0.2, 0) is 0 Å². The molecule has 0 aliphatic carbocycles. The molecule has 0 saturated heterocycles. The zero-order chi connectivity index (χ0) is 19.2. The van der Waals surface area contributed by atoms with E-state index in [1.54, 1.807) is 0 Å². The first-order valence-corrected chi connectivity index (χ1v) is 9.59. The van der Waals surface area contributed by atoms with Gasteiger partial charge in [-0.2, -0.15) is 0 Å². The quantitative estimate of drug-likeness (QED) is 0.511. The Balaban J connectivity index is -0.000000333. The van der Waals surface area contributed by atoms with Crippen LogP contribution in [0.15, 0.2) is 18.2 Å². The summed E-state index contributed by atoms with van der Waals surface area (Å²) in [5.41, 5.74) is 4.46. The predicted octanol–water partition coefficient (Wildman–Crippen LogP) is 8.59. The van der Waals surface area contributed by atoms with Crippen LogP contribution in [0.5, 0.6) is 0 Å². The molecule has 0 aliphatic rings. The van der Waals surface area contributed by atoms with Crippen LogP contribution >= 0.6 is 0 Å². The van der Waals surface area contributed by atoms with Crippen LogP contribution < -0.4 is 0 Å². The Morgan fingerprint density at radius 3 is 0.957 bits per heavy atom. The molecule has 23 heavy (non-hydrogen) atoms. The van der Waals surface area contributed by atoms with Crippen molar-refractivity contribution < 1.29 is 0 Å². The first-order chi connectivity index (χ1) is 10.5. The molecular formula is C23H46. The monoisotopic (exact) mass is 322 g/mol. The molecule has 0 N–H and O–H groups in total. The lowest BCUT2D eigenvalue weighted by atomic mass is 9.90. The van der Waals surface area contributed by atoms with Gasteiger partial charge in [0.25, 0.3) is 0 Å². The topological polar surface area (TPSA) is 0 Å². The summed E-state index contributed by atoms with van der Waals surface area (Å²) in [6.45, 7) is 28.3. The summed E-state index contributed by atoms with van der Waals surface area (Å²) < 4.78 is 0. The molecule has 138 valence electrons. The van der Waals surface area contributed by atoms with E-state index in [0.717, 1.165) is 11.8 Å². The largest absolute Gasteiger partial charge is 0.0683 e. The van der Waals surface area contributed by atoms with Crippen LogP contribution in [0.4, 0.5) is 0 Å². The van der Waals surface area contributed by atoms with Gasteiger partial charge < -0.3 is 0 Å². The minimum atomic E-state index is 0.638. The second-order valence-electron chi connectivity index (χ2n) is 7.83. The Kier molecular flexibility index (Phi) is 18.9. The number of hydrogen-bond acceptors (Lipinski definition) is 0. The molecule has 1 aromatic rings. The second-order valence-corrected chi connectivity index (χ2v) is 7.83.